The molecule has 0 bridgehead atoms. The number of benzene rings is 1. The van der Waals surface area contributed by atoms with Gasteiger partial charge in [-0.3, -0.25) is 4.79 Å². The monoisotopic (exact) mass is 340 g/mol. The van der Waals surface area contributed by atoms with Gasteiger partial charge < -0.3 is 14.5 Å². The minimum atomic E-state index is -0.0263. The van der Waals surface area contributed by atoms with Gasteiger partial charge in [0.25, 0.3) is 0 Å². The number of piperazine rings is 1. The van der Waals surface area contributed by atoms with Gasteiger partial charge in [0.05, 0.1) is 13.2 Å². The van der Waals surface area contributed by atoms with E-state index in [0.29, 0.717) is 13.1 Å². The standard InChI is InChI=1S/C19H24N4O2/c1-13-11-14(2)21-19(20-13)22-9-10-23(15(3)24)18(12-22)16-5-7-17(25-4)8-6-16/h5-8,11,18H,9-10,12H2,1-4H3/t18-/m0/s1. The molecular weight excluding hydrogens is 316 g/mol. The van der Waals surface area contributed by atoms with Gasteiger partial charge in [-0.15, -0.1) is 0 Å². The second-order valence-corrected chi connectivity index (χ2v) is 6.40. The van der Waals surface area contributed by atoms with Crippen molar-refractivity contribution in [2.24, 2.45) is 0 Å². The molecule has 6 nitrogen and oxygen atoms in total. The number of amides is 1. The van der Waals surface area contributed by atoms with Crippen LogP contribution >= 0.6 is 0 Å². The largest absolute Gasteiger partial charge is 0.497 e. The molecule has 6 heteroatoms. The quantitative estimate of drug-likeness (QED) is 0.859. The topological polar surface area (TPSA) is 58.6 Å². The summed E-state index contributed by atoms with van der Waals surface area (Å²) in [6.07, 6.45) is 0. The molecule has 2 aromatic rings. The summed E-state index contributed by atoms with van der Waals surface area (Å²) in [6.45, 7) is 7.64. The van der Waals surface area contributed by atoms with Crippen molar-refractivity contribution in [2.75, 3.05) is 31.6 Å². The second kappa shape index (κ2) is 7.09. The van der Waals surface area contributed by atoms with E-state index in [4.69, 9.17) is 4.74 Å². The number of aryl methyl sites for hydroxylation is 2. The number of methoxy groups -OCH3 is 1. The second-order valence-electron chi connectivity index (χ2n) is 6.40. The molecule has 25 heavy (non-hydrogen) atoms. The molecule has 1 amide bonds. The Morgan fingerprint density at radius 3 is 2.32 bits per heavy atom. The van der Waals surface area contributed by atoms with E-state index >= 15 is 0 Å². The van der Waals surface area contributed by atoms with Gasteiger partial charge in [-0.1, -0.05) is 12.1 Å². The highest BCUT2D eigenvalue weighted by Crippen LogP contribution is 2.28. The maximum absolute atomic E-state index is 12.1. The Balaban J connectivity index is 1.90. The molecule has 0 aliphatic carbocycles. The average molecular weight is 340 g/mol. The summed E-state index contributed by atoms with van der Waals surface area (Å²) >= 11 is 0. The Morgan fingerprint density at radius 1 is 1.12 bits per heavy atom. The Bertz CT molecular complexity index is 740. The Labute approximate surface area is 148 Å². The Kier molecular flexibility index (Phi) is 4.88. The van der Waals surface area contributed by atoms with E-state index in [1.807, 2.05) is 49.1 Å². The summed E-state index contributed by atoms with van der Waals surface area (Å²) in [4.78, 5) is 25.3. The fourth-order valence-corrected chi connectivity index (χ4v) is 3.30. The molecule has 0 N–H and O–H groups in total. The Hall–Kier alpha value is -2.63. The molecule has 0 unspecified atom stereocenters. The first-order valence-electron chi connectivity index (χ1n) is 8.46. The SMILES string of the molecule is COc1ccc([C@@H]2CN(c3nc(C)cc(C)n3)CCN2C(C)=O)cc1. The van der Waals surface area contributed by atoms with Gasteiger partial charge >= 0.3 is 0 Å². The number of ether oxygens (including phenoxy) is 1. The van der Waals surface area contributed by atoms with Crippen molar-refractivity contribution in [3.63, 3.8) is 0 Å². The van der Waals surface area contributed by atoms with Gasteiger partial charge in [-0.05, 0) is 37.6 Å². The normalized spacial score (nSPS) is 17.5. The summed E-state index contributed by atoms with van der Waals surface area (Å²) in [7, 11) is 1.65. The predicted molar refractivity (Wildman–Crippen MR) is 96.8 cm³/mol. The van der Waals surface area contributed by atoms with Crippen LogP contribution < -0.4 is 9.64 Å². The number of carbonyl (C=O) groups is 1. The van der Waals surface area contributed by atoms with Crippen LogP contribution in [-0.2, 0) is 4.79 Å². The van der Waals surface area contributed by atoms with Crippen molar-refractivity contribution in [3.05, 3.63) is 47.3 Å². The smallest absolute Gasteiger partial charge is 0.225 e. The highest BCUT2D eigenvalue weighted by molar-refractivity contribution is 5.74. The molecule has 1 atom stereocenters. The summed E-state index contributed by atoms with van der Waals surface area (Å²) < 4.78 is 5.24. The van der Waals surface area contributed by atoms with Crippen LogP contribution in [0.3, 0.4) is 0 Å². The number of rotatable bonds is 3. The zero-order chi connectivity index (χ0) is 18.0. The van der Waals surface area contributed by atoms with Crippen LogP contribution in [0.25, 0.3) is 0 Å². The van der Waals surface area contributed by atoms with Crippen LogP contribution in [-0.4, -0.2) is 47.5 Å². The summed E-state index contributed by atoms with van der Waals surface area (Å²) in [5.41, 5.74) is 3.00. The molecule has 0 radical (unpaired) electrons. The van der Waals surface area contributed by atoms with E-state index in [-0.39, 0.29) is 11.9 Å². The summed E-state index contributed by atoms with van der Waals surface area (Å²) in [5, 5.41) is 0. The highest BCUT2D eigenvalue weighted by Gasteiger charge is 2.31. The molecule has 0 saturated carbocycles. The van der Waals surface area contributed by atoms with Gasteiger partial charge in [0.15, 0.2) is 0 Å². The van der Waals surface area contributed by atoms with Crippen molar-refractivity contribution >= 4 is 11.9 Å². The molecule has 1 aromatic heterocycles. The lowest BCUT2D eigenvalue weighted by Crippen LogP contribution is -2.50. The van der Waals surface area contributed by atoms with Crippen LogP contribution in [0.4, 0.5) is 5.95 Å². The summed E-state index contributed by atoms with van der Waals surface area (Å²) in [5.74, 6) is 1.63. The minimum Gasteiger partial charge on any atom is -0.497 e. The molecule has 132 valence electrons. The third-order valence-corrected chi connectivity index (χ3v) is 4.54. The maximum Gasteiger partial charge on any atom is 0.225 e. The molecule has 0 spiro atoms. The lowest BCUT2D eigenvalue weighted by atomic mass is 10.0. The Morgan fingerprint density at radius 2 is 1.76 bits per heavy atom. The van der Waals surface area contributed by atoms with Crippen LogP contribution in [0, 0.1) is 13.8 Å². The van der Waals surface area contributed by atoms with Gasteiger partial charge in [0.1, 0.15) is 5.75 Å². The third-order valence-electron chi connectivity index (χ3n) is 4.54. The first-order chi connectivity index (χ1) is 12.0. The number of hydrogen-bond acceptors (Lipinski definition) is 5. The third kappa shape index (κ3) is 3.73. The molecule has 1 aliphatic rings. The zero-order valence-electron chi connectivity index (χ0n) is 15.2. The number of nitrogens with zero attached hydrogens (tertiary/aromatic N) is 4. The van der Waals surface area contributed by atoms with Crippen LogP contribution in [0.2, 0.25) is 0 Å². The van der Waals surface area contributed by atoms with E-state index in [1.54, 1.807) is 14.0 Å². The van der Waals surface area contributed by atoms with Crippen molar-refractivity contribution in [2.45, 2.75) is 26.8 Å². The van der Waals surface area contributed by atoms with Gasteiger partial charge in [-0.2, -0.15) is 0 Å². The first-order valence-corrected chi connectivity index (χ1v) is 8.46. The molecule has 1 aliphatic heterocycles. The van der Waals surface area contributed by atoms with Crippen LogP contribution in [0.5, 0.6) is 5.75 Å². The van der Waals surface area contributed by atoms with Gasteiger partial charge in [-0.25, -0.2) is 9.97 Å². The lowest BCUT2D eigenvalue weighted by Gasteiger charge is -2.41. The van der Waals surface area contributed by atoms with Crippen molar-refractivity contribution in [1.82, 2.24) is 14.9 Å². The number of aromatic nitrogens is 2. The van der Waals surface area contributed by atoms with E-state index < -0.39 is 0 Å². The fraction of sp³-hybridized carbons (Fsp3) is 0.421. The van der Waals surface area contributed by atoms with Crippen LogP contribution in [0.15, 0.2) is 30.3 Å². The summed E-state index contributed by atoms with van der Waals surface area (Å²) in [6, 6.07) is 9.84. The minimum absolute atomic E-state index is 0.0263. The average Bonchev–Trinajstić information content (AvgIpc) is 2.60. The molecule has 3 rings (SSSR count). The molecular formula is C19H24N4O2. The molecule has 1 saturated heterocycles. The molecule has 2 heterocycles. The number of hydrogen-bond donors (Lipinski definition) is 0. The van der Waals surface area contributed by atoms with E-state index in [1.165, 1.54) is 0 Å². The molecule has 1 fully saturated rings. The van der Waals surface area contributed by atoms with Gasteiger partial charge in [0.2, 0.25) is 11.9 Å². The van der Waals surface area contributed by atoms with Gasteiger partial charge in [0, 0.05) is 37.9 Å². The highest BCUT2D eigenvalue weighted by atomic mass is 16.5. The fourth-order valence-electron chi connectivity index (χ4n) is 3.30. The zero-order valence-corrected chi connectivity index (χ0v) is 15.2. The van der Waals surface area contributed by atoms with E-state index in [2.05, 4.69) is 14.9 Å². The number of carbonyl (C=O) groups excluding carboxylic acids is 1. The van der Waals surface area contributed by atoms with E-state index in [9.17, 15) is 4.79 Å². The molecule has 1 aromatic carbocycles. The lowest BCUT2D eigenvalue weighted by molar-refractivity contribution is -0.131. The maximum atomic E-state index is 12.1. The predicted octanol–water partition coefficient (Wildman–Crippen LogP) is 2.51. The van der Waals surface area contributed by atoms with Crippen molar-refractivity contribution in [1.29, 1.82) is 0 Å². The van der Waals surface area contributed by atoms with Crippen molar-refractivity contribution in [3.8, 4) is 5.75 Å². The van der Waals surface area contributed by atoms with Crippen LogP contribution in [0.1, 0.15) is 29.9 Å². The first kappa shape index (κ1) is 17.2. The number of anilines is 1. The van der Waals surface area contributed by atoms with E-state index in [0.717, 1.165) is 35.2 Å². The van der Waals surface area contributed by atoms with Crippen molar-refractivity contribution < 1.29 is 9.53 Å².